The van der Waals surface area contributed by atoms with E-state index in [-0.39, 0.29) is 24.1 Å². The molecule has 0 aliphatic carbocycles. The van der Waals surface area contributed by atoms with Gasteiger partial charge in [-0.1, -0.05) is 24.3 Å². The third-order valence-corrected chi connectivity index (χ3v) is 7.34. The van der Waals surface area contributed by atoms with E-state index < -0.39 is 6.09 Å². The first-order valence-electron chi connectivity index (χ1n) is 13.2. The topological polar surface area (TPSA) is 101 Å². The Morgan fingerprint density at radius 3 is 2.52 bits per heavy atom. The predicted molar refractivity (Wildman–Crippen MR) is 151 cm³/mol. The summed E-state index contributed by atoms with van der Waals surface area (Å²) in [4.78, 5) is 38.4. The van der Waals surface area contributed by atoms with Gasteiger partial charge in [0.05, 0.1) is 17.6 Å². The minimum atomic E-state index is -0.608. The fourth-order valence-corrected chi connectivity index (χ4v) is 4.99. The van der Waals surface area contributed by atoms with Gasteiger partial charge in [0, 0.05) is 52.5 Å². The zero-order valence-corrected chi connectivity index (χ0v) is 22.8. The molecule has 1 saturated heterocycles. The number of rotatable bonds is 8. The van der Waals surface area contributed by atoms with Gasteiger partial charge < -0.3 is 19.1 Å². The first-order chi connectivity index (χ1) is 19.4. The molecule has 12 heteroatoms. The Morgan fingerprint density at radius 1 is 1.07 bits per heavy atom. The van der Waals surface area contributed by atoms with E-state index in [0.717, 1.165) is 48.5 Å². The number of ether oxygens (including phenoxy) is 1. The summed E-state index contributed by atoms with van der Waals surface area (Å²) < 4.78 is 22.3. The normalized spacial score (nSPS) is 13.9. The van der Waals surface area contributed by atoms with E-state index in [0.29, 0.717) is 12.5 Å². The van der Waals surface area contributed by atoms with Gasteiger partial charge in [-0.05, 0) is 42.7 Å². The van der Waals surface area contributed by atoms with Crippen molar-refractivity contribution in [2.24, 2.45) is 0 Å². The quantitative estimate of drug-likeness (QED) is 0.336. The molecule has 210 valence electrons. The summed E-state index contributed by atoms with van der Waals surface area (Å²) in [6, 6.07) is 16.0. The molecule has 1 amide bonds. The zero-order chi connectivity index (χ0) is 28.2. The summed E-state index contributed by atoms with van der Waals surface area (Å²) in [5.74, 6) is 1.06. The zero-order valence-electron chi connectivity index (χ0n) is 22.8. The predicted octanol–water partition coefficient (Wildman–Crippen LogP) is 3.05. The van der Waals surface area contributed by atoms with Crippen molar-refractivity contribution in [3.05, 3.63) is 82.5 Å². The van der Waals surface area contributed by atoms with Crippen molar-refractivity contribution in [3.63, 3.8) is 0 Å². The first kappa shape index (κ1) is 27.1. The number of amides is 1. The lowest BCUT2D eigenvalue weighted by molar-refractivity contribution is 0.0708. The molecule has 3 heterocycles. The lowest BCUT2D eigenvalue weighted by atomic mass is 10.0. The van der Waals surface area contributed by atoms with Crippen LogP contribution in [-0.2, 0) is 18.0 Å². The summed E-state index contributed by atoms with van der Waals surface area (Å²) in [7, 11) is 5.04. The van der Waals surface area contributed by atoms with Gasteiger partial charge in [-0.15, -0.1) is 0 Å². The van der Waals surface area contributed by atoms with Crippen LogP contribution < -0.4 is 20.8 Å². The highest BCUT2D eigenvalue weighted by Gasteiger charge is 2.28. The Balaban J connectivity index is 1.32. The second kappa shape index (κ2) is 11.7. The van der Waals surface area contributed by atoms with Crippen LogP contribution in [0.3, 0.4) is 0 Å². The van der Waals surface area contributed by atoms with E-state index in [2.05, 4.69) is 25.9 Å². The van der Waals surface area contributed by atoms with Crippen molar-refractivity contribution in [2.45, 2.75) is 32.2 Å². The Bertz CT molecular complexity index is 1530. The lowest BCUT2D eigenvalue weighted by Gasteiger charge is -2.38. The molecule has 11 nitrogen and oxygen atoms in total. The first-order valence-corrected chi connectivity index (χ1v) is 13.2. The van der Waals surface area contributed by atoms with Crippen LogP contribution in [0, 0.1) is 5.82 Å². The minimum Gasteiger partial charge on any atom is -0.426 e. The third kappa shape index (κ3) is 5.62. The van der Waals surface area contributed by atoms with Gasteiger partial charge in [-0.2, -0.15) is 0 Å². The number of para-hydroxylation sites is 2. The van der Waals surface area contributed by atoms with Gasteiger partial charge in [0.1, 0.15) is 5.82 Å². The van der Waals surface area contributed by atoms with Gasteiger partial charge >= 0.3 is 6.09 Å². The van der Waals surface area contributed by atoms with Crippen LogP contribution in [0.5, 0.6) is 0 Å². The van der Waals surface area contributed by atoms with Crippen molar-refractivity contribution in [1.29, 1.82) is 0 Å². The molecule has 1 aliphatic heterocycles. The van der Waals surface area contributed by atoms with Crippen molar-refractivity contribution in [1.82, 2.24) is 29.5 Å². The maximum Gasteiger partial charge on any atom is 0.425 e. The van der Waals surface area contributed by atoms with Crippen molar-refractivity contribution in [3.8, 4) is 0 Å². The Kier molecular flexibility index (Phi) is 7.96. The SMILES string of the molecule is CNN(C)C(=O)OCn1c(N(C)C2CCN(c3nc4ccccc4n3Cc3ccc(F)cc3)CC2)nccc1=O. The van der Waals surface area contributed by atoms with Gasteiger partial charge in [0.15, 0.2) is 6.73 Å². The molecule has 5 rings (SSSR count). The third-order valence-electron chi connectivity index (χ3n) is 7.34. The number of anilines is 2. The highest BCUT2D eigenvalue weighted by Crippen LogP contribution is 2.28. The van der Waals surface area contributed by atoms with Crippen LogP contribution in [0.25, 0.3) is 11.0 Å². The number of fused-ring (bicyclic) bond motifs is 1. The molecular formula is C28H33FN8O3. The van der Waals surface area contributed by atoms with E-state index in [9.17, 15) is 14.0 Å². The maximum absolute atomic E-state index is 13.5. The summed E-state index contributed by atoms with van der Waals surface area (Å²) in [5, 5.41) is 1.18. The maximum atomic E-state index is 13.5. The van der Waals surface area contributed by atoms with E-state index in [1.807, 2.05) is 30.1 Å². The van der Waals surface area contributed by atoms with Crippen molar-refractivity contribution >= 4 is 29.0 Å². The smallest absolute Gasteiger partial charge is 0.425 e. The molecule has 0 saturated carbocycles. The molecule has 0 unspecified atom stereocenters. The van der Waals surface area contributed by atoms with Crippen LogP contribution >= 0.6 is 0 Å². The fourth-order valence-electron chi connectivity index (χ4n) is 4.99. The van der Waals surface area contributed by atoms with Gasteiger partial charge in [-0.25, -0.2) is 34.2 Å². The van der Waals surface area contributed by atoms with E-state index in [1.165, 1.54) is 41.0 Å². The second-order valence-electron chi connectivity index (χ2n) is 9.78. The number of hydrazine groups is 1. The number of imidazole rings is 1. The van der Waals surface area contributed by atoms with Crippen molar-refractivity contribution < 1.29 is 13.9 Å². The van der Waals surface area contributed by atoms with E-state index >= 15 is 0 Å². The number of nitrogens with one attached hydrogen (secondary N) is 1. The minimum absolute atomic E-state index is 0.113. The largest absolute Gasteiger partial charge is 0.426 e. The van der Waals surface area contributed by atoms with E-state index in [1.54, 1.807) is 19.2 Å². The molecule has 2 aromatic heterocycles. The van der Waals surface area contributed by atoms with Crippen LogP contribution in [-0.4, -0.2) is 70.5 Å². The number of aromatic nitrogens is 4. The van der Waals surface area contributed by atoms with Gasteiger partial charge in [0.25, 0.3) is 5.56 Å². The molecule has 1 aliphatic rings. The van der Waals surface area contributed by atoms with E-state index in [4.69, 9.17) is 9.72 Å². The molecule has 0 radical (unpaired) electrons. The van der Waals surface area contributed by atoms with Crippen LogP contribution in [0.4, 0.5) is 21.1 Å². The molecule has 1 N–H and O–H groups in total. The highest BCUT2D eigenvalue weighted by molar-refractivity contribution is 5.79. The Hall–Kier alpha value is -4.45. The molecule has 0 atom stereocenters. The summed E-state index contributed by atoms with van der Waals surface area (Å²) >= 11 is 0. The number of piperidine rings is 1. The van der Waals surface area contributed by atoms with Gasteiger partial charge in [-0.3, -0.25) is 4.79 Å². The number of nitrogens with zero attached hydrogens (tertiary/aromatic N) is 7. The number of halogens is 1. The summed E-state index contributed by atoms with van der Waals surface area (Å²) in [5.41, 5.74) is 5.30. The Morgan fingerprint density at radius 2 is 1.80 bits per heavy atom. The second-order valence-corrected chi connectivity index (χ2v) is 9.78. The Labute approximate surface area is 231 Å². The van der Waals surface area contributed by atoms with Crippen LogP contribution in [0.15, 0.2) is 65.6 Å². The molecular weight excluding hydrogens is 515 g/mol. The average Bonchev–Trinajstić information content (AvgIpc) is 3.34. The van der Waals surface area contributed by atoms with Gasteiger partial charge in [0.2, 0.25) is 11.9 Å². The molecule has 2 aromatic carbocycles. The van der Waals surface area contributed by atoms with Crippen molar-refractivity contribution in [2.75, 3.05) is 44.0 Å². The standard InChI is InChI=1S/C28H33FN8O3/c1-30-34(3)28(39)40-19-37-25(38)12-15-31-26(37)33(2)22-13-16-35(17-14-22)27-32-23-6-4-5-7-24(23)36(27)18-20-8-10-21(29)11-9-20/h4-12,15,22,30H,13-14,16-19H2,1-3H3. The van der Waals surface area contributed by atoms with Crippen LogP contribution in [0.2, 0.25) is 0 Å². The highest BCUT2D eigenvalue weighted by atomic mass is 19.1. The average molecular weight is 549 g/mol. The summed E-state index contributed by atoms with van der Waals surface area (Å²) in [6.07, 6.45) is 2.48. The monoisotopic (exact) mass is 548 g/mol. The molecule has 0 spiro atoms. The number of hydrogen-bond donors (Lipinski definition) is 1. The fraction of sp³-hybridized carbons (Fsp3) is 0.357. The summed E-state index contributed by atoms with van der Waals surface area (Å²) in [6.45, 7) is 1.84. The molecule has 40 heavy (non-hydrogen) atoms. The molecule has 1 fully saturated rings. The lowest BCUT2D eigenvalue weighted by Crippen LogP contribution is -2.46. The number of carbonyl (C=O) groups excluding carboxylic acids is 1. The molecule has 4 aromatic rings. The number of carbonyl (C=O) groups is 1. The number of hydrogen-bond acceptors (Lipinski definition) is 8. The van der Waals surface area contributed by atoms with Crippen LogP contribution in [0.1, 0.15) is 18.4 Å². The number of benzene rings is 2. The molecule has 0 bridgehead atoms.